The number of benzene rings is 2. The third kappa shape index (κ3) is 4.11. The van der Waals surface area contributed by atoms with E-state index in [9.17, 15) is 4.79 Å². The molecule has 0 atom stereocenters. The Balaban J connectivity index is 2.03. The molecule has 0 fully saturated rings. The summed E-state index contributed by atoms with van der Waals surface area (Å²) in [5.74, 6) is 0.289. The molecule has 3 rings (SSSR count). The average Bonchev–Trinajstić information content (AvgIpc) is 3.02. The summed E-state index contributed by atoms with van der Waals surface area (Å²) in [5.41, 5.74) is 2.14. The minimum absolute atomic E-state index is 0.284. The Bertz CT molecular complexity index is 891. The maximum Gasteiger partial charge on any atom is 0.358 e. The summed E-state index contributed by atoms with van der Waals surface area (Å²) in [5, 5.41) is 0.672. The molecule has 25 heavy (non-hydrogen) atoms. The summed E-state index contributed by atoms with van der Waals surface area (Å²) in [6.07, 6.45) is 2.21. The molecule has 0 amide bonds. The molecule has 128 valence electrons. The van der Waals surface area contributed by atoms with Crippen LogP contribution in [-0.2, 0) is 11.2 Å². The van der Waals surface area contributed by atoms with Gasteiger partial charge in [0.2, 0.25) is 0 Å². The van der Waals surface area contributed by atoms with Crippen molar-refractivity contribution in [2.24, 2.45) is 0 Å². The zero-order valence-corrected chi connectivity index (χ0v) is 15.9. The van der Waals surface area contributed by atoms with Crippen LogP contribution in [0.15, 0.2) is 59.2 Å². The molecule has 0 radical (unpaired) electrons. The van der Waals surface area contributed by atoms with Crippen LogP contribution in [0.5, 0.6) is 0 Å². The van der Waals surface area contributed by atoms with Gasteiger partial charge in [0.1, 0.15) is 5.82 Å². The van der Waals surface area contributed by atoms with Gasteiger partial charge in [0.05, 0.1) is 6.61 Å². The van der Waals surface area contributed by atoms with E-state index in [4.69, 9.17) is 16.3 Å². The Morgan fingerprint density at radius 2 is 1.92 bits per heavy atom. The van der Waals surface area contributed by atoms with Crippen molar-refractivity contribution in [3.8, 4) is 5.69 Å². The van der Waals surface area contributed by atoms with E-state index in [1.807, 2.05) is 53.1 Å². The molecule has 4 nitrogen and oxygen atoms in total. The number of hydrogen-bond acceptors (Lipinski definition) is 3. The van der Waals surface area contributed by atoms with Gasteiger partial charge in [-0.2, -0.15) is 0 Å². The van der Waals surface area contributed by atoms with Crippen molar-refractivity contribution in [3.63, 3.8) is 0 Å². The molecule has 0 saturated heterocycles. The first-order valence-corrected chi connectivity index (χ1v) is 9.00. The lowest BCUT2D eigenvalue weighted by molar-refractivity contribution is 0.0520. The molecule has 3 aromatic rings. The van der Waals surface area contributed by atoms with Gasteiger partial charge in [-0.15, -0.1) is 0 Å². The summed E-state index contributed by atoms with van der Waals surface area (Å²) >= 11 is 9.71. The van der Waals surface area contributed by atoms with Crippen LogP contribution in [0.3, 0.4) is 0 Å². The molecule has 1 heterocycles. The molecular formula is C19H16BrClN2O2. The van der Waals surface area contributed by atoms with Crippen LogP contribution >= 0.6 is 27.5 Å². The first-order valence-electron chi connectivity index (χ1n) is 7.83. The van der Waals surface area contributed by atoms with Gasteiger partial charge in [0.15, 0.2) is 5.69 Å². The number of carbonyl (C=O) groups is 1. The summed E-state index contributed by atoms with van der Waals surface area (Å²) in [6, 6.07) is 15.4. The number of hydrogen-bond donors (Lipinski definition) is 0. The Morgan fingerprint density at radius 3 is 2.60 bits per heavy atom. The van der Waals surface area contributed by atoms with Crippen molar-refractivity contribution in [2.75, 3.05) is 6.61 Å². The highest BCUT2D eigenvalue weighted by Crippen LogP contribution is 2.22. The molecule has 0 spiro atoms. The smallest absolute Gasteiger partial charge is 0.358 e. The molecule has 0 aliphatic heterocycles. The van der Waals surface area contributed by atoms with Gasteiger partial charge in [0, 0.05) is 27.8 Å². The molecule has 2 aromatic carbocycles. The molecule has 1 aromatic heterocycles. The van der Waals surface area contributed by atoms with Crippen LogP contribution in [0, 0.1) is 0 Å². The Labute approximate surface area is 159 Å². The standard InChI is InChI=1S/C19H16BrClN2O2/c1-2-25-19(24)17-12-23(15-9-7-14(20)8-10-15)18(22-17)11-13-5-3-4-6-16(13)21/h3-10,12H,2,11H2,1H3. The maximum atomic E-state index is 12.1. The summed E-state index contributed by atoms with van der Waals surface area (Å²) in [4.78, 5) is 16.6. The van der Waals surface area contributed by atoms with Crippen molar-refractivity contribution in [1.29, 1.82) is 0 Å². The van der Waals surface area contributed by atoms with Crippen LogP contribution < -0.4 is 0 Å². The van der Waals surface area contributed by atoms with E-state index in [0.717, 1.165) is 21.5 Å². The van der Waals surface area contributed by atoms with Crippen LogP contribution in [0.2, 0.25) is 5.02 Å². The van der Waals surface area contributed by atoms with Crippen LogP contribution in [-0.4, -0.2) is 22.1 Å². The first-order chi connectivity index (χ1) is 12.1. The van der Waals surface area contributed by atoms with Crippen molar-refractivity contribution >= 4 is 33.5 Å². The third-order valence-electron chi connectivity index (χ3n) is 3.67. The number of aromatic nitrogens is 2. The number of nitrogens with zero attached hydrogens (tertiary/aromatic N) is 2. The number of esters is 1. The number of imidazole rings is 1. The van der Waals surface area contributed by atoms with Gasteiger partial charge in [-0.3, -0.25) is 0 Å². The molecule has 0 bridgehead atoms. The van der Waals surface area contributed by atoms with E-state index >= 15 is 0 Å². The first kappa shape index (κ1) is 17.7. The summed E-state index contributed by atoms with van der Waals surface area (Å²) in [6.45, 7) is 2.08. The maximum absolute atomic E-state index is 12.1. The Morgan fingerprint density at radius 1 is 1.20 bits per heavy atom. The topological polar surface area (TPSA) is 44.1 Å². The SMILES string of the molecule is CCOC(=O)c1cn(-c2ccc(Br)cc2)c(Cc2ccccc2Cl)n1. The highest BCUT2D eigenvalue weighted by atomic mass is 79.9. The Kier molecular flexibility index (Phi) is 5.56. The fourth-order valence-corrected chi connectivity index (χ4v) is 2.95. The fraction of sp³-hybridized carbons (Fsp3) is 0.158. The second kappa shape index (κ2) is 7.85. The van der Waals surface area contributed by atoms with E-state index in [0.29, 0.717) is 18.1 Å². The van der Waals surface area contributed by atoms with Crippen LogP contribution in [0.25, 0.3) is 5.69 Å². The molecule has 0 saturated carbocycles. The highest BCUT2D eigenvalue weighted by molar-refractivity contribution is 9.10. The van der Waals surface area contributed by atoms with Gasteiger partial charge in [0.25, 0.3) is 0 Å². The van der Waals surface area contributed by atoms with Crippen molar-refractivity contribution in [3.05, 3.63) is 81.3 Å². The van der Waals surface area contributed by atoms with Gasteiger partial charge in [-0.1, -0.05) is 45.7 Å². The van der Waals surface area contributed by atoms with E-state index in [1.165, 1.54) is 0 Å². The number of carbonyl (C=O) groups excluding carboxylic acids is 1. The largest absolute Gasteiger partial charge is 0.461 e. The van der Waals surface area contributed by atoms with Crippen molar-refractivity contribution in [1.82, 2.24) is 9.55 Å². The van der Waals surface area contributed by atoms with Gasteiger partial charge in [-0.05, 0) is 42.8 Å². The van der Waals surface area contributed by atoms with Crippen molar-refractivity contribution < 1.29 is 9.53 Å². The number of halogens is 2. The average molecular weight is 420 g/mol. The lowest BCUT2D eigenvalue weighted by Crippen LogP contribution is -2.05. The van der Waals surface area contributed by atoms with E-state index in [-0.39, 0.29) is 5.69 Å². The predicted octanol–water partition coefficient (Wildman–Crippen LogP) is 5.06. The molecular weight excluding hydrogens is 404 g/mol. The van der Waals surface area contributed by atoms with Gasteiger partial charge >= 0.3 is 5.97 Å². The lowest BCUT2D eigenvalue weighted by atomic mass is 10.1. The van der Waals surface area contributed by atoms with Crippen LogP contribution in [0.4, 0.5) is 0 Å². The second-order valence-electron chi connectivity index (χ2n) is 5.38. The quantitative estimate of drug-likeness (QED) is 0.543. The number of ether oxygens (including phenoxy) is 1. The summed E-state index contributed by atoms with van der Waals surface area (Å²) < 4.78 is 7.95. The second-order valence-corrected chi connectivity index (χ2v) is 6.70. The highest BCUT2D eigenvalue weighted by Gasteiger charge is 2.17. The predicted molar refractivity (Wildman–Crippen MR) is 101 cm³/mol. The monoisotopic (exact) mass is 418 g/mol. The lowest BCUT2D eigenvalue weighted by Gasteiger charge is -2.09. The van der Waals surface area contributed by atoms with E-state index in [2.05, 4.69) is 20.9 Å². The molecule has 6 heteroatoms. The zero-order valence-electron chi connectivity index (χ0n) is 13.6. The van der Waals surface area contributed by atoms with Gasteiger partial charge in [-0.25, -0.2) is 9.78 Å². The van der Waals surface area contributed by atoms with E-state index in [1.54, 1.807) is 13.1 Å². The van der Waals surface area contributed by atoms with Crippen molar-refractivity contribution in [2.45, 2.75) is 13.3 Å². The fourth-order valence-electron chi connectivity index (χ4n) is 2.48. The van der Waals surface area contributed by atoms with Gasteiger partial charge < -0.3 is 9.30 Å². The molecule has 0 unspecified atom stereocenters. The zero-order chi connectivity index (χ0) is 17.8. The van der Waals surface area contributed by atoms with Crippen LogP contribution in [0.1, 0.15) is 28.8 Å². The Hall–Kier alpha value is -2.11. The molecule has 0 aliphatic rings. The third-order valence-corrected chi connectivity index (χ3v) is 4.57. The minimum atomic E-state index is -0.432. The summed E-state index contributed by atoms with van der Waals surface area (Å²) in [7, 11) is 0. The molecule has 0 N–H and O–H groups in total. The number of rotatable bonds is 5. The molecule has 0 aliphatic carbocycles. The van der Waals surface area contributed by atoms with E-state index < -0.39 is 5.97 Å². The minimum Gasteiger partial charge on any atom is -0.461 e. The normalized spacial score (nSPS) is 10.7.